The molecule has 3 atom stereocenters. The minimum absolute atomic E-state index is 0.113. The third-order valence-electron chi connectivity index (χ3n) is 2.98. The Morgan fingerprint density at radius 2 is 2.27 bits per heavy atom. The molecule has 0 aromatic carbocycles. The summed E-state index contributed by atoms with van der Waals surface area (Å²) in [6.07, 6.45) is 3.40. The first kappa shape index (κ1) is 7.10. The van der Waals surface area contributed by atoms with E-state index in [2.05, 4.69) is 5.32 Å². The molecule has 2 rings (SSSR count). The summed E-state index contributed by atoms with van der Waals surface area (Å²) in [6.45, 7) is 1.07. The molecule has 3 N–H and O–H groups in total. The zero-order chi connectivity index (χ0) is 7.84. The van der Waals surface area contributed by atoms with Gasteiger partial charge in [0.2, 0.25) is 5.91 Å². The smallest absolute Gasteiger partial charge is 0.222 e. The fourth-order valence-electron chi connectivity index (χ4n) is 2.39. The van der Waals surface area contributed by atoms with Gasteiger partial charge in [0.1, 0.15) is 0 Å². The lowest BCUT2D eigenvalue weighted by Gasteiger charge is -2.21. The maximum Gasteiger partial charge on any atom is 0.222 e. The predicted octanol–water partition coefficient (Wildman–Crippen LogP) is -0.140. The van der Waals surface area contributed by atoms with Gasteiger partial charge in [-0.1, -0.05) is 0 Å². The summed E-state index contributed by atoms with van der Waals surface area (Å²) in [5, 5.41) is 3.34. The van der Waals surface area contributed by atoms with Crippen LogP contribution in [0.25, 0.3) is 0 Å². The molecular formula is C8H14N2O. The summed E-state index contributed by atoms with van der Waals surface area (Å²) in [5.41, 5.74) is 5.27. The lowest BCUT2D eigenvalue weighted by molar-refractivity contribution is -0.122. The van der Waals surface area contributed by atoms with Crippen molar-refractivity contribution in [2.75, 3.05) is 6.54 Å². The number of rotatable bonds is 1. The van der Waals surface area contributed by atoms with Crippen molar-refractivity contribution in [3.63, 3.8) is 0 Å². The van der Waals surface area contributed by atoms with Crippen LogP contribution in [0, 0.1) is 11.8 Å². The lowest BCUT2D eigenvalue weighted by Crippen LogP contribution is -2.40. The molecule has 1 saturated carbocycles. The highest BCUT2D eigenvalue weighted by Crippen LogP contribution is 2.35. The number of hydrogen-bond acceptors (Lipinski definition) is 2. The van der Waals surface area contributed by atoms with E-state index in [4.69, 9.17) is 5.73 Å². The molecule has 0 aromatic heterocycles. The summed E-state index contributed by atoms with van der Waals surface area (Å²) in [7, 11) is 0. The number of nitrogens with two attached hydrogens (primary N) is 1. The Labute approximate surface area is 66.3 Å². The average molecular weight is 154 g/mol. The molecule has 3 nitrogen and oxygen atoms in total. The van der Waals surface area contributed by atoms with Crippen LogP contribution >= 0.6 is 0 Å². The molecule has 1 heterocycles. The molecule has 62 valence electrons. The Balaban J connectivity index is 2.08. The first-order chi connectivity index (χ1) is 5.27. The second kappa shape index (κ2) is 2.48. The van der Waals surface area contributed by atoms with E-state index in [9.17, 15) is 4.79 Å². The fraction of sp³-hybridized carbons (Fsp3) is 0.875. The van der Waals surface area contributed by atoms with Crippen molar-refractivity contribution in [1.29, 1.82) is 0 Å². The van der Waals surface area contributed by atoms with Crippen LogP contribution in [-0.2, 0) is 4.79 Å². The van der Waals surface area contributed by atoms with Crippen LogP contribution in [0.1, 0.15) is 19.3 Å². The number of primary amides is 1. The maximum absolute atomic E-state index is 10.9. The summed E-state index contributed by atoms with van der Waals surface area (Å²) in [6, 6.07) is 0.395. The van der Waals surface area contributed by atoms with Crippen LogP contribution in [0.5, 0.6) is 0 Å². The van der Waals surface area contributed by atoms with Crippen molar-refractivity contribution in [3.05, 3.63) is 0 Å². The molecule has 1 saturated heterocycles. The quantitative estimate of drug-likeness (QED) is 0.552. The first-order valence-electron chi connectivity index (χ1n) is 4.30. The van der Waals surface area contributed by atoms with E-state index in [1.807, 2.05) is 0 Å². The van der Waals surface area contributed by atoms with Crippen molar-refractivity contribution in [2.24, 2.45) is 17.6 Å². The van der Waals surface area contributed by atoms with E-state index >= 15 is 0 Å². The molecule has 0 spiro atoms. The molecule has 1 aliphatic carbocycles. The Bertz CT molecular complexity index is 181. The van der Waals surface area contributed by atoms with Crippen LogP contribution < -0.4 is 11.1 Å². The number of nitrogens with one attached hydrogen (secondary N) is 1. The van der Waals surface area contributed by atoms with Gasteiger partial charge in [0.25, 0.3) is 0 Å². The predicted molar refractivity (Wildman–Crippen MR) is 41.8 cm³/mol. The van der Waals surface area contributed by atoms with Gasteiger partial charge in [-0.15, -0.1) is 0 Å². The van der Waals surface area contributed by atoms with Gasteiger partial charge >= 0.3 is 0 Å². The van der Waals surface area contributed by atoms with Crippen molar-refractivity contribution in [1.82, 2.24) is 5.32 Å². The van der Waals surface area contributed by atoms with Gasteiger partial charge in [0.05, 0.1) is 5.92 Å². The molecule has 3 heteroatoms. The van der Waals surface area contributed by atoms with Gasteiger partial charge in [-0.3, -0.25) is 4.79 Å². The number of carbonyl (C=O) groups is 1. The molecule has 2 fully saturated rings. The van der Waals surface area contributed by atoms with Gasteiger partial charge in [-0.05, 0) is 31.7 Å². The van der Waals surface area contributed by atoms with Gasteiger partial charge in [0, 0.05) is 6.04 Å². The largest absolute Gasteiger partial charge is 0.369 e. The van der Waals surface area contributed by atoms with Crippen molar-refractivity contribution in [2.45, 2.75) is 25.3 Å². The Morgan fingerprint density at radius 3 is 2.91 bits per heavy atom. The standard InChI is InChI=1S/C8H14N2O/c9-8(11)6-3-5-1-2-10-7(6)4-5/h5-7,10H,1-4H2,(H2,9,11). The van der Waals surface area contributed by atoms with Gasteiger partial charge in [0.15, 0.2) is 0 Å². The van der Waals surface area contributed by atoms with Crippen LogP contribution in [-0.4, -0.2) is 18.5 Å². The second-order valence-corrected chi connectivity index (χ2v) is 3.70. The molecule has 11 heavy (non-hydrogen) atoms. The van der Waals surface area contributed by atoms with Crippen LogP contribution in [0.2, 0.25) is 0 Å². The first-order valence-corrected chi connectivity index (χ1v) is 4.30. The summed E-state index contributed by atoms with van der Waals surface area (Å²) >= 11 is 0. The van der Waals surface area contributed by atoms with E-state index in [-0.39, 0.29) is 11.8 Å². The highest BCUT2D eigenvalue weighted by atomic mass is 16.1. The highest BCUT2D eigenvalue weighted by Gasteiger charge is 2.39. The molecule has 0 radical (unpaired) electrons. The summed E-state index contributed by atoms with van der Waals surface area (Å²) in [4.78, 5) is 10.9. The number of amides is 1. The summed E-state index contributed by atoms with van der Waals surface area (Å²) in [5.74, 6) is 0.758. The zero-order valence-corrected chi connectivity index (χ0v) is 6.55. The second-order valence-electron chi connectivity index (χ2n) is 3.70. The topological polar surface area (TPSA) is 55.1 Å². The third-order valence-corrected chi connectivity index (χ3v) is 2.98. The molecular weight excluding hydrogens is 140 g/mol. The van der Waals surface area contributed by atoms with Gasteiger partial charge in [-0.2, -0.15) is 0 Å². The molecule has 2 aliphatic rings. The van der Waals surface area contributed by atoms with E-state index in [1.165, 1.54) is 6.42 Å². The Morgan fingerprint density at radius 1 is 1.45 bits per heavy atom. The average Bonchev–Trinajstić information content (AvgIpc) is 2.27. The van der Waals surface area contributed by atoms with Crippen LogP contribution in [0.3, 0.4) is 0 Å². The van der Waals surface area contributed by atoms with E-state index < -0.39 is 0 Å². The fourth-order valence-corrected chi connectivity index (χ4v) is 2.39. The highest BCUT2D eigenvalue weighted by molar-refractivity contribution is 5.77. The Kier molecular flexibility index (Phi) is 1.60. The number of piperidine rings is 1. The van der Waals surface area contributed by atoms with E-state index in [1.54, 1.807) is 0 Å². The normalized spacial score (nSPS) is 42.4. The van der Waals surface area contributed by atoms with Crippen molar-refractivity contribution in [3.8, 4) is 0 Å². The van der Waals surface area contributed by atoms with Crippen molar-refractivity contribution < 1.29 is 4.79 Å². The molecule has 2 bridgehead atoms. The van der Waals surface area contributed by atoms with Gasteiger partial charge < -0.3 is 11.1 Å². The zero-order valence-electron chi connectivity index (χ0n) is 6.55. The van der Waals surface area contributed by atoms with Crippen molar-refractivity contribution >= 4 is 5.91 Å². The lowest BCUT2D eigenvalue weighted by atomic mass is 10.0. The molecule has 0 aromatic rings. The minimum Gasteiger partial charge on any atom is -0.369 e. The number of fused-ring (bicyclic) bond motifs is 2. The minimum atomic E-state index is -0.119. The van der Waals surface area contributed by atoms with E-state index in [0.29, 0.717) is 6.04 Å². The van der Waals surface area contributed by atoms with Crippen LogP contribution in [0.4, 0.5) is 0 Å². The monoisotopic (exact) mass is 154 g/mol. The van der Waals surface area contributed by atoms with E-state index in [0.717, 1.165) is 25.3 Å². The molecule has 3 unspecified atom stereocenters. The third kappa shape index (κ3) is 1.13. The number of hydrogen-bond donors (Lipinski definition) is 2. The van der Waals surface area contributed by atoms with Gasteiger partial charge in [-0.25, -0.2) is 0 Å². The number of carbonyl (C=O) groups excluding carboxylic acids is 1. The Hall–Kier alpha value is -0.570. The van der Waals surface area contributed by atoms with Crippen LogP contribution in [0.15, 0.2) is 0 Å². The SMILES string of the molecule is NC(=O)C1CC2CCNC1C2. The summed E-state index contributed by atoms with van der Waals surface area (Å²) < 4.78 is 0. The maximum atomic E-state index is 10.9. The molecule has 1 amide bonds. The molecule has 1 aliphatic heterocycles.